The highest BCUT2D eigenvalue weighted by Crippen LogP contribution is 2.24. The van der Waals surface area contributed by atoms with Crippen LogP contribution in [-0.4, -0.2) is 20.1 Å². The summed E-state index contributed by atoms with van der Waals surface area (Å²) in [5, 5.41) is 8.76. The molecule has 108 valence electrons. The van der Waals surface area contributed by atoms with Crippen molar-refractivity contribution >= 4 is 21.6 Å². The zero-order valence-corrected chi connectivity index (χ0v) is 12.2. The molecule has 1 rings (SSSR count). The van der Waals surface area contributed by atoms with Gasteiger partial charge in [-0.1, -0.05) is 31.4 Å². The summed E-state index contributed by atoms with van der Waals surface area (Å²) in [7, 11) is -3.77. The predicted octanol–water partition coefficient (Wildman–Crippen LogP) is 2.44. The molecule has 0 radical (unpaired) electrons. The summed E-state index contributed by atoms with van der Waals surface area (Å²) in [6.07, 6.45) is 2.62. The van der Waals surface area contributed by atoms with Crippen LogP contribution in [0.1, 0.15) is 31.7 Å². The van der Waals surface area contributed by atoms with E-state index in [2.05, 4.69) is 4.72 Å². The summed E-state index contributed by atoms with van der Waals surface area (Å²) in [6, 6.07) is 2.03. The fourth-order valence-corrected chi connectivity index (χ4v) is 2.86. The van der Waals surface area contributed by atoms with Crippen LogP contribution in [0.2, 0.25) is 5.02 Å². The van der Waals surface area contributed by atoms with Crippen LogP contribution in [0.5, 0.6) is 0 Å². The van der Waals surface area contributed by atoms with E-state index in [1.807, 2.05) is 6.92 Å². The number of unbranched alkanes of at least 4 members (excludes halogenated alkanes) is 2. The highest BCUT2D eigenvalue weighted by molar-refractivity contribution is 7.89. The van der Waals surface area contributed by atoms with Crippen LogP contribution >= 0.6 is 11.6 Å². The average molecular weight is 310 g/mol. The Morgan fingerprint density at radius 3 is 2.63 bits per heavy atom. The Labute approximate surface area is 117 Å². The minimum Gasteiger partial charge on any atom is -0.392 e. The molecule has 0 saturated carbocycles. The lowest BCUT2D eigenvalue weighted by molar-refractivity contribution is 0.281. The van der Waals surface area contributed by atoms with Crippen LogP contribution in [0.25, 0.3) is 0 Å². The van der Waals surface area contributed by atoms with Gasteiger partial charge in [-0.3, -0.25) is 0 Å². The van der Waals surface area contributed by atoms with E-state index in [4.69, 9.17) is 16.7 Å². The number of halogens is 2. The summed E-state index contributed by atoms with van der Waals surface area (Å²) in [5.74, 6) is -0.859. The largest absolute Gasteiger partial charge is 0.392 e. The van der Waals surface area contributed by atoms with Gasteiger partial charge >= 0.3 is 0 Å². The second-order valence-corrected chi connectivity index (χ2v) is 6.29. The maximum absolute atomic E-state index is 13.5. The van der Waals surface area contributed by atoms with Crippen molar-refractivity contribution in [3.05, 3.63) is 28.5 Å². The molecule has 19 heavy (non-hydrogen) atoms. The molecule has 1 aromatic rings. The van der Waals surface area contributed by atoms with Crippen molar-refractivity contribution in [2.45, 2.75) is 37.7 Å². The second-order valence-electron chi connectivity index (χ2n) is 4.14. The van der Waals surface area contributed by atoms with Crippen molar-refractivity contribution in [1.82, 2.24) is 4.72 Å². The SMILES string of the molecule is CCCCCNS(=O)(=O)c1cc(F)c(Cl)c(CO)c1. The number of nitrogens with one attached hydrogen (secondary N) is 1. The van der Waals surface area contributed by atoms with E-state index in [0.29, 0.717) is 6.54 Å². The maximum Gasteiger partial charge on any atom is 0.240 e. The van der Waals surface area contributed by atoms with E-state index in [-0.39, 0.29) is 15.5 Å². The Hall–Kier alpha value is -0.690. The quantitative estimate of drug-likeness (QED) is 0.760. The highest BCUT2D eigenvalue weighted by Gasteiger charge is 2.18. The van der Waals surface area contributed by atoms with Crippen molar-refractivity contribution < 1.29 is 17.9 Å². The number of hydrogen-bond donors (Lipinski definition) is 2. The maximum atomic E-state index is 13.5. The molecule has 0 spiro atoms. The Morgan fingerprint density at radius 1 is 1.37 bits per heavy atom. The summed E-state index contributed by atoms with van der Waals surface area (Å²) >= 11 is 5.61. The van der Waals surface area contributed by atoms with Crippen molar-refractivity contribution in [3.8, 4) is 0 Å². The average Bonchev–Trinajstić information content (AvgIpc) is 2.37. The smallest absolute Gasteiger partial charge is 0.240 e. The first-order valence-electron chi connectivity index (χ1n) is 6.00. The molecule has 0 unspecified atom stereocenters. The molecule has 0 bridgehead atoms. The van der Waals surface area contributed by atoms with Gasteiger partial charge in [-0.15, -0.1) is 0 Å². The van der Waals surface area contributed by atoms with Gasteiger partial charge in [0, 0.05) is 12.1 Å². The standard InChI is InChI=1S/C12H17ClFNO3S/c1-2-3-4-5-15-19(17,18)10-6-9(8-16)12(13)11(14)7-10/h6-7,15-16H,2-5,8H2,1H3. The fourth-order valence-electron chi connectivity index (χ4n) is 1.55. The third-order valence-corrected chi connectivity index (χ3v) is 4.49. The van der Waals surface area contributed by atoms with Crippen LogP contribution in [0.3, 0.4) is 0 Å². The number of hydrogen-bond acceptors (Lipinski definition) is 3. The molecule has 0 saturated heterocycles. The summed E-state index contributed by atoms with van der Waals surface area (Å²) in [6.45, 7) is 1.79. The van der Waals surface area contributed by atoms with E-state index >= 15 is 0 Å². The van der Waals surface area contributed by atoms with Gasteiger partial charge in [-0.2, -0.15) is 0 Å². The van der Waals surface area contributed by atoms with E-state index in [9.17, 15) is 12.8 Å². The first-order valence-corrected chi connectivity index (χ1v) is 7.87. The Kier molecular flexibility index (Phi) is 6.19. The van der Waals surface area contributed by atoms with Crippen LogP contribution in [0, 0.1) is 5.82 Å². The summed E-state index contributed by atoms with van der Waals surface area (Å²) in [5.41, 5.74) is 0.0515. The van der Waals surface area contributed by atoms with Gasteiger partial charge in [0.1, 0.15) is 5.82 Å². The Balaban J connectivity index is 2.92. The van der Waals surface area contributed by atoms with Crippen LogP contribution in [0.4, 0.5) is 4.39 Å². The zero-order chi connectivity index (χ0) is 14.5. The monoisotopic (exact) mass is 309 g/mol. The van der Waals surface area contributed by atoms with Crippen molar-refractivity contribution in [1.29, 1.82) is 0 Å². The molecule has 0 atom stereocenters. The first kappa shape index (κ1) is 16.4. The lowest BCUT2D eigenvalue weighted by Gasteiger charge is -2.09. The molecule has 0 heterocycles. The van der Waals surface area contributed by atoms with E-state index in [1.165, 1.54) is 6.07 Å². The highest BCUT2D eigenvalue weighted by atomic mass is 35.5. The molecule has 0 aromatic heterocycles. The number of aliphatic hydroxyl groups is 1. The third kappa shape index (κ3) is 4.42. The second kappa shape index (κ2) is 7.19. The molecule has 0 aliphatic heterocycles. The molecule has 0 fully saturated rings. The van der Waals surface area contributed by atoms with E-state index in [1.54, 1.807) is 0 Å². The first-order chi connectivity index (χ1) is 8.92. The molecule has 4 nitrogen and oxygen atoms in total. The number of rotatable bonds is 7. The third-order valence-electron chi connectivity index (χ3n) is 2.63. The van der Waals surface area contributed by atoms with Crippen molar-refractivity contribution in [2.24, 2.45) is 0 Å². The van der Waals surface area contributed by atoms with E-state index < -0.39 is 22.4 Å². The lowest BCUT2D eigenvalue weighted by atomic mass is 10.2. The van der Waals surface area contributed by atoms with Gasteiger partial charge < -0.3 is 5.11 Å². The van der Waals surface area contributed by atoms with Crippen molar-refractivity contribution in [3.63, 3.8) is 0 Å². The van der Waals surface area contributed by atoms with Gasteiger partial charge in [-0.05, 0) is 18.6 Å². The topological polar surface area (TPSA) is 66.4 Å². The van der Waals surface area contributed by atoms with Gasteiger partial charge in [-0.25, -0.2) is 17.5 Å². The lowest BCUT2D eigenvalue weighted by Crippen LogP contribution is -2.25. The zero-order valence-electron chi connectivity index (χ0n) is 10.6. The molecular formula is C12H17ClFNO3S. The molecule has 0 aliphatic carbocycles. The molecular weight excluding hydrogens is 293 g/mol. The van der Waals surface area contributed by atoms with Crippen LogP contribution < -0.4 is 4.72 Å². The minimum absolute atomic E-state index is 0.0515. The van der Waals surface area contributed by atoms with Crippen LogP contribution in [0.15, 0.2) is 17.0 Å². The number of aliphatic hydroxyl groups excluding tert-OH is 1. The van der Waals surface area contributed by atoms with Crippen molar-refractivity contribution in [2.75, 3.05) is 6.54 Å². The molecule has 0 amide bonds. The molecule has 0 aliphatic rings. The van der Waals surface area contributed by atoms with Gasteiger partial charge in [0.2, 0.25) is 10.0 Å². The summed E-state index contributed by atoms with van der Waals surface area (Å²) in [4.78, 5) is -0.227. The van der Waals surface area contributed by atoms with E-state index in [0.717, 1.165) is 25.3 Å². The fraction of sp³-hybridized carbons (Fsp3) is 0.500. The Bertz CT molecular complexity index is 534. The van der Waals surface area contributed by atoms with Crippen LogP contribution in [-0.2, 0) is 16.6 Å². The van der Waals surface area contributed by atoms with Gasteiger partial charge in [0.25, 0.3) is 0 Å². The Morgan fingerprint density at radius 2 is 2.05 bits per heavy atom. The molecule has 1 aromatic carbocycles. The number of benzene rings is 1. The minimum atomic E-state index is -3.77. The number of sulfonamides is 1. The predicted molar refractivity (Wildman–Crippen MR) is 72.0 cm³/mol. The summed E-state index contributed by atoms with van der Waals surface area (Å²) < 4.78 is 39.7. The van der Waals surface area contributed by atoms with Gasteiger partial charge in [0.15, 0.2) is 0 Å². The molecule has 7 heteroatoms. The molecule has 2 N–H and O–H groups in total. The van der Waals surface area contributed by atoms with Gasteiger partial charge in [0.05, 0.1) is 16.5 Å². The normalized spacial score (nSPS) is 11.8.